The van der Waals surface area contributed by atoms with Crippen molar-refractivity contribution in [3.05, 3.63) is 0 Å². The van der Waals surface area contributed by atoms with Gasteiger partial charge in [-0.3, -0.25) is 0 Å². The Bertz CT molecular complexity index is 228. The van der Waals surface area contributed by atoms with E-state index in [9.17, 15) is 13.2 Å². The minimum atomic E-state index is -4.00. The van der Waals surface area contributed by atoms with Crippen LogP contribution in [0, 0.1) is 5.92 Å². The molecule has 5 heteroatoms. The molecule has 2 nitrogen and oxygen atoms in total. The van der Waals surface area contributed by atoms with Crippen LogP contribution < -0.4 is 11.1 Å². The summed E-state index contributed by atoms with van der Waals surface area (Å²) in [4.78, 5) is 0. The molecule has 2 rings (SSSR count). The molecule has 0 bridgehead atoms. The molecule has 0 aromatic rings. The minimum Gasteiger partial charge on any atom is -0.328 e. The number of halogens is 3. The van der Waals surface area contributed by atoms with Crippen LogP contribution in [0.1, 0.15) is 38.5 Å². The van der Waals surface area contributed by atoms with E-state index in [2.05, 4.69) is 5.32 Å². The summed E-state index contributed by atoms with van der Waals surface area (Å²) in [6.07, 6.45) is -0.200. The van der Waals surface area contributed by atoms with E-state index in [-0.39, 0.29) is 18.9 Å². The third-order valence-electron chi connectivity index (χ3n) is 3.84. The zero-order valence-electron chi connectivity index (χ0n) is 9.26. The monoisotopic (exact) mass is 236 g/mol. The van der Waals surface area contributed by atoms with Crippen molar-refractivity contribution in [2.75, 3.05) is 0 Å². The molecule has 3 N–H and O–H groups in total. The second-order valence-corrected chi connectivity index (χ2v) is 5.19. The number of hydrogen-bond donors (Lipinski definition) is 2. The van der Waals surface area contributed by atoms with Gasteiger partial charge in [-0.1, -0.05) is 0 Å². The molecular formula is C11H19F3N2. The molecule has 0 spiro atoms. The molecule has 2 aliphatic rings. The molecule has 2 saturated carbocycles. The van der Waals surface area contributed by atoms with Crippen molar-refractivity contribution < 1.29 is 13.2 Å². The smallest absolute Gasteiger partial charge is 0.328 e. The maximum atomic E-state index is 12.4. The second-order valence-electron chi connectivity index (χ2n) is 5.19. The van der Waals surface area contributed by atoms with Crippen molar-refractivity contribution in [1.82, 2.24) is 5.32 Å². The number of rotatable bonds is 2. The molecule has 0 atom stereocenters. The van der Waals surface area contributed by atoms with E-state index in [1.807, 2.05) is 0 Å². The standard InChI is InChI=1S/C11H19F3N2/c12-11(13,14)7-1-3-9(4-2-7)16-10-5-8(15)6-10/h7-10,16H,1-6,15H2. The maximum absolute atomic E-state index is 12.4. The minimum absolute atomic E-state index is 0.274. The molecule has 0 radical (unpaired) electrons. The molecule has 94 valence electrons. The van der Waals surface area contributed by atoms with E-state index in [1.165, 1.54) is 0 Å². The lowest BCUT2D eigenvalue weighted by Crippen LogP contribution is -2.52. The molecule has 0 aliphatic heterocycles. The van der Waals surface area contributed by atoms with Crippen LogP contribution in [0.15, 0.2) is 0 Å². The van der Waals surface area contributed by atoms with Crippen molar-refractivity contribution in [3.8, 4) is 0 Å². The van der Waals surface area contributed by atoms with Gasteiger partial charge in [0.2, 0.25) is 0 Å². The molecule has 0 saturated heterocycles. The van der Waals surface area contributed by atoms with Crippen LogP contribution in [0.5, 0.6) is 0 Å². The average molecular weight is 236 g/mol. The topological polar surface area (TPSA) is 38.0 Å². The summed E-state index contributed by atoms with van der Waals surface area (Å²) >= 11 is 0. The Balaban J connectivity index is 1.69. The van der Waals surface area contributed by atoms with Crippen molar-refractivity contribution >= 4 is 0 Å². The van der Waals surface area contributed by atoms with Gasteiger partial charge in [0.25, 0.3) is 0 Å². The first-order valence-electron chi connectivity index (χ1n) is 6.03. The van der Waals surface area contributed by atoms with Gasteiger partial charge in [-0.05, 0) is 38.5 Å². The lowest BCUT2D eigenvalue weighted by molar-refractivity contribution is -0.182. The third-order valence-corrected chi connectivity index (χ3v) is 3.84. The zero-order valence-corrected chi connectivity index (χ0v) is 9.26. The van der Waals surface area contributed by atoms with Crippen molar-refractivity contribution in [2.24, 2.45) is 11.7 Å². The van der Waals surface area contributed by atoms with Crippen LogP contribution in [0.25, 0.3) is 0 Å². The van der Waals surface area contributed by atoms with Gasteiger partial charge < -0.3 is 11.1 Å². The number of hydrogen-bond acceptors (Lipinski definition) is 2. The Morgan fingerprint density at radius 2 is 1.50 bits per heavy atom. The van der Waals surface area contributed by atoms with E-state index < -0.39 is 12.1 Å². The molecule has 2 aliphatic carbocycles. The van der Waals surface area contributed by atoms with Crippen LogP contribution >= 0.6 is 0 Å². The van der Waals surface area contributed by atoms with Crippen molar-refractivity contribution in [3.63, 3.8) is 0 Å². The van der Waals surface area contributed by atoms with Crippen LogP contribution in [0.4, 0.5) is 13.2 Å². The van der Waals surface area contributed by atoms with Crippen LogP contribution in [-0.4, -0.2) is 24.3 Å². The quantitative estimate of drug-likeness (QED) is 0.771. The number of nitrogens with two attached hydrogens (primary N) is 1. The lowest BCUT2D eigenvalue weighted by atomic mass is 9.82. The first-order valence-corrected chi connectivity index (χ1v) is 6.03. The third kappa shape index (κ3) is 2.88. The molecular weight excluding hydrogens is 217 g/mol. The SMILES string of the molecule is NC1CC(NC2CCC(C(F)(F)F)CC2)C1. The van der Waals surface area contributed by atoms with Gasteiger partial charge in [0.15, 0.2) is 0 Å². The van der Waals surface area contributed by atoms with E-state index in [0.717, 1.165) is 12.8 Å². The normalized spacial score (nSPS) is 40.5. The van der Waals surface area contributed by atoms with Gasteiger partial charge in [-0.15, -0.1) is 0 Å². The van der Waals surface area contributed by atoms with Crippen molar-refractivity contribution in [2.45, 2.75) is 62.8 Å². The van der Waals surface area contributed by atoms with E-state index >= 15 is 0 Å². The van der Waals surface area contributed by atoms with Gasteiger partial charge in [0.1, 0.15) is 0 Å². The average Bonchev–Trinajstić information content (AvgIpc) is 2.15. The summed E-state index contributed by atoms with van der Waals surface area (Å²) in [6.45, 7) is 0. The Morgan fingerprint density at radius 3 is 1.94 bits per heavy atom. The summed E-state index contributed by atoms with van der Waals surface area (Å²) in [5, 5.41) is 3.41. The molecule has 0 aromatic heterocycles. The van der Waals surface area contributed by atoms with Crippen LogP contribution in [-0.2, 0) is 0 Å². The fourth-order valence-corrected chi connectivity index (χ4v) is 2.72. The summed E-state index contributed by atoms with van der Waals surface area (Å²) in [5.74, 6) is -1.07. The molecule has 0 aromatic carbocycles. The predicted octanol–water partition coefficient (Wildman–Crippen LogP) is 2.19. The fourth-order valence-electron chi connectivity index (χ4n) is 2.72. The summed E-state index contributed by atoms with van der Waals surface area (Å²) in [7, 11) is 0. The Morgan fingerprint density at radius 1 is 0.938 bits per heavy atom. The summed E-state index contributed by atoms with van der Waals surface area (Å²) in [6, 6.07) is 1.02. The maximum Gasteiger partial charge on any atom is 0.391 e. The summed E-state index contributed by atoms with van der Waals surface area (Å²) < 4.78 is 37.3. The molecule has 16 heavy (non-hydrogen) atoms. The lowest BCUT2D eigenvalue weighted by Gasteiger charge is -2.38. The Hall–Kier alpha value is -0.290. The first-order chi connectivity index (χ1) is 7.45. The highest BCUT2D eigenvalue weighted by Crippen LogP contribution is 2.37. The van der Waals surface area contributed by atoms with Gasteiger partial charge in [0.05, 0.1) is 5.92 Å². The Kier molecular flexibility index (Phi) is 3.45. The highest BCUT2D eigenvalue weighted by molar-refractivity contribution is 4.91. The zero-order chi connectivity index (χ0) is 11.8. The van der Waals surface area contributed by atoms with Gasteiger partial charge in [-0.2, -0.15) is 13.2 Å². The predicted molar refractivity (Wildman–Crippen MR) is 55.9 cm³/mol. The summed E-state index contributed by atoms with van der Waals surface area (Å²) in [5.41, 5.74) is 5.66. The van der Waals surface area contributed by atoms with Crippen molar-refractivity contribution in [1.29, 1.82) is 0 Å². The molecule has 2 fully saturated rings. The molecule has 0 unspecified atom stereocenters. The molecule has 0 amide bonds. The fraction of sp³-hybridized carbons (Fsp3) is 1.00. The highest BCUT2D eigenvalue weighted by Gasteiger charge is 2.41. The van der Waals surface area contributed by atoms with Gasteiger partial charge >= 0.3 is 6.18 Å². The number of alkyl halides is 3. The van der Waals surface area contributed by atoms with Crippen LogP contribution in [0.2, 0.25) is 0 Å². The van der Waals surface area contributed by atoms with Gasteiger partial charge in [0, 0.05) is 18.1 Å². The molecule has 0 heterocycles. The Labute approximate surface area is 93.8 Å². The second kappa shape index (κ2) is 4.53. The van der Waals surface area contributed by atoms with E-state index in [1.54, 1.807) is 0 Å². The largest absolute Gasteiger partial charge is 0.391 e. The van der Waals surface area contributed by atoms with Gasteiger partial charge in [-0.25, -0.2) is 0 Å². The van der Waals surface area contributed by atoms with E-state index in [4.69, 9.17) is 5.73 Å². The van der Waals surface area contributed by atoms with Crippen LogP contribution in [0.3, 0.4) is 0 Å². The first kappa shape index (κ1) is 12.2. The highest BCUT2D eigenvalue weighted by atomic mass is 19.4. The number of nitrogens with one attached hydrogen (secondary N) is 1. The van der Waals surface area contributed by atoms with E-state index in [0.29, 0.717) is 24.9 Å².